The lowest BCUT2D eigenvalue weighted by molar-refractivity contribution is 0.237. The van der Waals surface area contributed by atoms with Gasteiger partial charge in [-0.15, -0.1) is 10.2 Å². The van der Waals surface area contributed by atoms with Crippen LogP contribution in [0.25, 0.3) is 0 Å². The summed E-state index contributed by atoms with van der Waals surface area (Å²) < 4.78 is 0.848. The van der Waals surface area contributed by atoms with Gasteiger partial charge in [-0.05, 0) is 40.6 Å². The molecule has 15 heavy (non-hydrogen) atoms. The molecule has 0 saturated heterocycles. The molecule has 3 nitrogen and oxygen atoms in total. The molecule has 0 radical (unpaired) electrons. The summed E-state index contributed by atoms with van der Waals surface area (Å²) in [6.07, 6.45) is 4.10. The summed E-state index contributed by atoms with van der Waals surface area (Å²) >= 11 is 4.90. The van der Waals surface area contributed by atoms with Gasteiger partial charge in [0.15, 0.2) is 3.92 Å². The van der Waals surface area contributed by atoms with Gasteiger partial charge in [0.2, 0.25) is 5.13 Å². The molecule has 1 unspecified atom stereocenters. The van der Waals surface area contributed by atoms with Crippen molar-refractivity contribution in [3.63, 3.8) is 0 Å². The van der Waals surface area contributed by atoms with E-state index in [2.05, 4.69) is 45.3 Å². The molecule has 1 aromatic heterocycles. The standard InChI is InChI=1S/C10H16BrN3S/c1-6(2)8(7-4-3-5-7)12-10-14-13-9(11)15-10/h6-8H,3-5H2,1-2H3,(H,12,14). The summed E-state index contributed by atoms with van der Waals surface area (Å²) in [5.74, 6) is 1.48. The van der Waals surface area contributed by atoms with Gasteiger partial charge in [-0.3, -0.25) is 0 Å². The Morgan fingerprint density at radius 1 is 1.40 bits per heavy atom. The van der Waals surface area contributed by atoms with Crippen molar-refractivity contribution in [2.24, 2.45) is 11.8 Å². The van der Waals surface area contributed by atoms with Crippen LogP contribution in [-0.2, 0) is 0 Å². The molecule has 1 saturated carbocycles. The number of anilines is 1. The first-order valence-electron chi connectivity index (χ1n) is 5.42. The first-order valence-corrected chi connectivity index (χ1v) is 7.03. The fraction of sp³-hybridized carbons (Fsp3) is 0.800. The average molecular weight is 290 g/mol. The Morgan fingerprint density at radius 3 is 2.53 bits per heavy atom. The Bertz CT molecular complexity index is 322. The van der Waals surface area contributed by atoms with Crippen molar-refractivity contribution in [3.8, 4) is 0 Å². The van der Waals surface area contributed by atoms with E-state index < -0.39 is 0 Å². The van der Waals surface area contributed by atoms with Crippen molar-refractivity contribution in [1.29, 1.82) is 0 Å². The molecule has 0 aromatic carbocycles. The van der Waals surface area contributed by atoms with E-state index in [1.165, 1.54) is 19.3 Å². The van der Waals surface area contributed by atoms with Crippen LogP contribution < -0.4 is 5.32 Å². The van der Waals surface area contributed by atoms with E-state index >= 15 is 0 Å². The van der Waals surface area contributed by atoms with Crippen LogP contribution >= 0.6 is 27.3 Å². The third kappa shape index (κ3) is 2.69. The molecule has 1 aromatic rings. The molecule has 1 N–H and O–H groups in total. The molecular weight excluding hydrogens is 274 g/mol. The molecule has 1 atom stereocenters. The molecular formula is C10H16BrN3S. The summed E-state index contributed by atoms with van der Waals surface area (Å²) in [5.41, 5.74) is 0. The zero-order valence-electron chi connectivity index (χ0n) is 9.03. The topological polar surface area (TPSA) is 37.8 Å². The van der Waals surface area contributed by atoms with E-state index in [1.54, 1.807) is 11.3 Å². The number of nitrogens with zero attached hydrogens (tertiary/aromatic N) is 2. The van der Waals surface area contributed by atoms with Gasteiger partial charge in [-0.2, -0.15) is 0 Å². The first-order chi connectivity index (χ1) is 7.16. The smallest absolute Gasteiger partial charge is 0.206 e. The van der Waals surface area contributed by atoms with Crippen molar-refractivity contribution in [2.45, 2.75) is 39.2 Å². The van der Waals surface area contributed by atoms with Gasteiger partial charge in [0.05, 0.1) is 0 Å². The summed E-state index contributed by atoms with van der Waals surface area (Å²) in [6, 6.07) is 0.554. The second kappa shape index (κ2) is 4.78. The van der Waals surface area contributed by atoms with Crippen LogP contribution in [0.2, 0.25) is 0 Å². The van der Waals surface area contributed by atoms with E-state index in [0.29, 0.717) is 12.0 Å². The fourth-order valence-electron chi connectivity index (χ4n) is 2.03. The van der Waals surface area contributed by atoms with Crippen molar-refractivity contribution >= 4 is 32.4 Å². The molecule has 5 heteroatoms. The van der Waals surface area contributed by atoms with Crippen molar-refractivity contribution in [2.75, 3.05) is 5.32 Å². The molecule has 1 aliphatic rings. The quantitative estimate of drug-likeness (QED) is 0.921. The lowest BCUT2D eigenvalue weighted by Gasteiger charge is -2.36. The van der Waals surface area contributed by atoms with Gasteiger partial charge in [0.1, 0.15) is 0 Å². The van der Waals surface area contributed by atoms with Gasteiger partial charge < -0.3 is 5.32 Å². The first kappa shape index (κ1) is 11.3. The third-order valence-corrected chi connectivity index (χ3v) is 4.35. The van der Waals surface area contributed by atoms with Crippen LogP contribution in [0.3, 0.4) is 0 Å². The Balaban J connectivity index is 1.99. The maximum Gasteiger partial charge on any atom is 0.206 e. The summed E-state index contributed by atoms with van der Waals surface area (Å²) in [6.45, 7) is 4.54. The summed E-state index contributed by atoms with van der Waals surface area (Å²) in [4.78, 5) is 0. The average Bonchev–Trinajstić information content (AvgIpc) is 2.47. The van der Waals surface area contributed by atoms with E-state index in [4.69, 9.17) is 0 Å². The Hall–Kier alpha value is -0.160. The fourth-order valence-corrected chi connectivity index (χ4v) is 3.09. The van der Waals surface area contributed by atoms with E-state index in [1.807, 2.05) is 0 Å². The number of hydrogen-bond donors (Lipinski definition) is 1. The highest BCUT2D eigenvalue weighted by atomic mass is 79.9. The molecule has 84 valence electrons. The van der Waals surface area contributed by atoms with Gasteiger partial charge in [-0.25, -0.2) is 0 Å². The van der Waals surface area contributed by atoms with Gasteiger partial charge >= 0.3 is 0 Å². The molecule has 0 bridgehead atoms. The molecule has 1 aliphatic carbocycles. The predicted molar refractivity (Wildman–Crippen MR) is 67.2 cm³/mol. The molecule has 0 amide bonds. The minimum Gasteiger partial charge on any atom is -0.357 e. The predicted octanol–water partition coefficient (Wildman–Crippen LogP) is 3.54. The number of nitrogens with one attached hydrogen (secondary N) is 1. The minimum absolute atomic E-state index is 0.554. The lowest BCUT2D eigenvalue weighted by atomic mass is 9.76. The van der Waals surface area contributed by atoms with Gasteiger partial charge in [0, 0.05) is 6.04 Å². The second-order valence-corrected chi connectivity index (χ2v) is 6.72. The number of aromatic nitrogens is 2. The Labute approximate surface area is 103 Å². The normalized spacial score (nSPS) is 18.9. The molecule has 0 spiro atoms. The Kier molecular flexibility index (Phi) is 3.61. The number of rotatable bonds is 4. The van der Waals surface area contributed by atoms with Crippen LogP contribution in [0.15, 0.2) is 3.92 Å². The summed E-state index contributed by atoms with van der Waals surface area (Å²) in [5, 5.41) is 12.5. The minimum atomic E-state index is 0.554. The molecule has 0 aliphatic heterocycles. The van der Waals surface area contributed by atoms with Crippen LogP contribution in [0.5, 0.6) is 0 Å². The third-order valence-electron chi connectivity index (χ3n) is 3.07. The summed E-state index contributed by atoms with van der Waals surface area (Å²) in [7, 11) is 0. The second-order valence-electron chi connectivity index (χ2n) is 4.47. The van der Waals surface area contributed by atoms with Crippen LogP contribution in [-0.4, -0.2) is 16.2 Å². The Morgan fingerprint density at radius 2 is 2.13 bits per heavy atom. The maximum absolute atomic E-state index is 4.09. The van der Waals surface area contributed by atoms with E-state index in [9.17, 15) is 0 Å². The number of halogens is 1. The van der Waals surface area contributed by atoms with Crippen LogP contribution in [0, 0.1) is 11.8 Å². The van der Waals surface area contributed by atoms with Gasteiger partial charge in [0.25, 0.3) is 0 Å². The highest BCUT2D eigenvalue weighted by Crippen LogP contribution is 2.35. The monoisotopic (exact) mass is 289 g/mol. The van der Waals surface area contributed by atoms with Gasteiger partial charge in [-0.1, -0.05) is 31.6 Å². The van der Waals surface area contributed by atoms with E-state index in [0.717, 1.165) is 15.0 Å². The molecule has 1 fully saturated rings. The zero-order chi connectivity index (χ0) is 10.8. The van der Waals surface area contributed by atoms with Crippen molar-refractivity contribution in [1.82, 2.24) is 10.2 Å². The maximum atomic E-state index is 4.09. The largest absolute Gasteiger partial charge is 0.357 e. The SMILES string of the molecule is CC(C)C(Nc1nnc(Br)s1)C1CCC1. The molecule has 2 rings (SSSR count). The van der Waals surface area contributed by atoms with Crippen LogP contribution in [0.1, 0.15) is 33.1 Å². The number of hydrogen-bond acceptors (Lipinski definition) is 4. The zero-order valence-corrected chi connectivity index (χ0v) is 11.4. The highest BCUT2D eigenvalue weighted by Gasteiger charge is 2.29. The van der Waals surface area contributed by atoms with Crippen molar-refractivity contribution < 1.29 is 0 Å². The highest BCUT2D eigenvalue weighted by molar-refractivity contribution is 9.11. The van der Waals surface area contributed by atoms with E-state index in [-0.39, 0.29) is 0 Å². The van der Waals surface area contributed by atoms with Crippen LogP contribution in [0.4, 0.5) is 5.13 Å². The molecule has 1 heterocycles. The lowest BCUT2D eigenvalue weighted by Crippen LogP contribution is -2.37. The van der Waals surface area contributed by atoms with Crippen molar-refractivity contribution in [3.05, 3.63) is 3.92 Å².